The molecule has 0 spiro atoms. The van der Waals surface area contributed by atoms with Crippen LogP contribution in [0.1, 0.15) is 11.1 Å². The smallest absolute Gasteiger partial charge is 0.105 e. The first-order valence-electron chi connectivity index (χ1n) is 4.44. The molecule has 0 aliphatic rings. The second-order valence-electron chi connectivity index (χ2n) is 2.97. The fourth-order valence-corrected chi connectivity index (χ4v) is 2.66. The Bertz CT molecular complexity index is 364. The van der Waals surface area contributed by atoms with Gasteiger partial charge in [-0.25, -0.2) is 0 Å². The highest BCUT2D eigenvalue weighted by atomic mass is 32.2. The van der Waals surface area contributed by atoms with Crippen molar-refractivity contribution in [1.82, 2.24) is 0 Å². The number of nitriles is 1. The number of benzene rings is 1. The Morgan fingerprint density at radius 3 is 2.60 bits per heavy atom. The van der Waals surface area contributed by atoms with Gasteiger partial charge >= 0.3 is 0 Å². The van der Waals surface area contributed by atoms with E-state index in [0.29, 0.717) is 5.75 Å². The van der Waals surface area contributed by atoms with Crippen LogP contribution in [0.3, 0.4) is 0 Å². The molecular formula is C11H11NS3. The van der Waals surface area contributed by atoms with E-state index in [9.17, 15) is 0 Å². The summed E-state index contributed by atoms with van der Waals surface area (Å²) in [5.74, 6) is 1.33. The lowest BCUT2D eigenvalue weighted by Crippen LogP contribution is -1.86. The first-order valence-corrected chi connectivity index (χ1v) is 6.82. The Morgan fingerprint density at radius 1 is 1.33 bits per heavy atom. The summed E-state index contributed by atoms with van der Waals surface area (Å²) in [6, 6.07) is 10.5. The third-order valence-corrected chi connectivity index (χ3v) is 4.37. The van der Waals surface area contributed by atoms with Gasteiger partial charge in [-0.15, -0.1) is 11.8 Å². The monoisotopic (exact) mass is 253 g/mol. The lowest BCUT2D eigenvalue weighted by atomic mass is 10.2. The number of thiocarbonyl (C=S) groups is 1. The summed E-state index contributed by atoms with van der Waals surface area (Å²) >= 11 is 8.17. The molecule has 1 aromatic rings. The van der Waals surface area contributed by atoms with Gasteiger partial charge in [-0.3, -0.25) is 0 Å². The van der Waals surface area contributed by atoms with Gasteiger partial charge in [0.05, 0.1) is 11.8 Å². The Labute approximate surface area is 104 Å². The molecule has 0 atom stereocenters. The predicted molar refractivity (Wildman–Crippen MR) is 73.1 cm³/mol. The van der Waals surface area contributed by atoms with E-state index in [-0.39, 0.29) is 0 Å². The van der Waals surface area contributed by atoms with Gasteiger partial charge in [-0.2, -0.15) is 5.26 Å². The van der Waals surface area contributed by atoms with Crippen LogP contribution in [0.25, 0.3) is 0 Å². The van der Waals surface area contributed by atoms with Crippen molar-refractivity contribution in [1.29, 1.82) is 5.26 Å². The normalized spacial score (nSPS) is 9.60. The number of hydrogen-bond donors (Lipinski definition) is 0. The summed E-state index contributed by atoms with van der Waals surface area (Å²) < 4.78 is 0.845. The van der Waals surface area contributed by atoms with Crippen molar-refractivity contribution >= 4 is 39.3 Å². The molecule has 0 aliphatic carbocycles. The second-order valence-corrected chi connectivity index (χ2v) is 6.13. The van der Waals surface area contributed by atoms with Crippen molar-refractivity contribution in [3.63, 3.8) is 0 Å². The van der Waals surface area contributed by atoms with E-state index in [2.05, 4.69) is 37.3 Å². The van der Waals surface area contributed by atoms with Crippen molar-refractivity contribution in [2.45, 2.75) is 12.7 Å². The van der Waals surface area contributed by atoms with Gasteiger partial charge in [0.2, 0.25) is 0 Å². The number of hydrogen-bond acceptors (Lipinski definition) is 4. The zero-order valence-corrected chi connectivity index (χ0v) is 10.8. The van der Waals surface area contributed by atoms with Crippen molar-refractivity contribution in [3.8, 4) is 6.07 Å². The van der Waals surface area contributed by atoms with E-state index in [1.54, 1.807) is 11.8 Å². The van der Waals surface area contributed by atoms with Crippen LogP contribution >= 0.6 is 35.7 Å². The highest BCUT2D eigenvalue weighted by Crippen LogP contribution is 2.21. The fraction of sp³-hybridized carbons (Fsp3) is 0.273. The molecule has 0 N–H and O–H groups in total. The molecule has 78 valence electrons. The second kappa shape index (κ2) is 6.89. The van der Waals surface area contributed by atoms with Crippen LogP contribution in [0, 0.1) is 18.3 Å². The summed E-state index contributed by atoms with van der Waals surface area (Å²) in [4.78, 5) is 0. The quantitative estimate of drug-likeness (QED) is 0.765. The highest BCUT2D eigenvalue weighted by Gasteiger charge is 1.99. The summed E-state index contributed by atoms with van der Waals surface area (Å²) in [6.07, 6.45) is 0. The minimum Gasteiger partial charge on any atom is -0.197 e. The molecule has 1 aromatic carbocycles. The molecule has 0 unspecified atom stereocenters. The van der Waals surface area contributed by atoms with Crippen LogP contribution in [0.15, 0.2) is 24.3 Å². The molecule has 0 saturated carbocycles. The topological polar surface area (TPSA) is 23.8 Å². The first kappa shape index (κ1) is 12.6. The summed E-state index contributed by atoms with van der Waals surface area (Å²) in [6.45, 7) is 2.07. The maximum atomic E-state index is 8.39. The van der Waals surface area contributed by atoms with Gasteiger partial charge < -0.3 is 0 Å². The predicted octanol–water partition coefficient (Wildman–Crippen LogP) is 3.77. The van der Waals surface area contributed by atoms with Crippen molar-refractivity contribution in [2.24, 2.45) is 0 Å². The SMILES string of the molecule is Cc1ccc(CSC(=S)SCC#N)cc1. The molecule has 0 bridgehead atoms. The molecule has 1 nitrogen and oxygen atoms in total. The van der Waals surface area contributed by atoms with Gasteiger partial charge in [0, 0.05) is 5.75 Å². The summed E-state index contributed by atoms with van der Waals surface area (Å²) in [7, 11) is 0. The molecule has 15 heavy (non-hydrogen) atoms. The average molecular weight is 253 g/mol. The van der Waals surface area contributed by atoms with E-state index < -0.39 is 0 Å². The van der Waals surface area contributed by atoms with Crippen LogP contribution in [0.5, 0.6) is 0 Å². The van der Waals surface area contributed by atoms with E-state index >= 15 is 0 Å². The Balaban J connectivity index is 2.34. The lowest BCUT2D eigenvalue weighted by Gasteiger charge is -2.01. The van der Waals surface area contributed by atoms with Crippen molar-refractivity contribution in [2.75, 3.05) is 5.75 Å². The van der Waals surface area contributed by atoms with Crippen LogP contribution in [-0.2, 0) is 5.75 Å². The highest BCUT2D eigenvalue weighted by molar-refractivity contribution is 8.47. The minimum atomic E-state index is 0.444. The van der Waals surface area contributed by atoms with Gasteiger partial charge in [0.1, 0.15) is 3.53 Å². The van der Waals surface area contributed by atoms with Crippen LogP contribution < -0.4 is 0 Å². The fourth-order valence-electron chi connectivity index (χ4n) is 0.959. The molecule has 0 amide bonds. The Kier molecular flexibility index (Phi) is 5.77. The largest absolute Gasteiger partial charge is 0.197 e. The number of aryl methyl sites for hydroxylation is 1. The zero-order chi connectivity index (χ0) is 11.1. The van der Waals surface area contributed by atoms with E-state index in [4.69, 9.17) is 17.5 Å². The van der Waals surface area contributed by atoms with E-state index in [1.807, 2.05) is 0 Å². The Morgan fingerprint density at radius 2 is 2.00 bits per heavy atom. The maximum absolute atomic E-state index is 8.39. The summed E-state index contributed by atoms with van der Waals surface area (Å²) in [5, 5.41) is 8.39. The number of thioether (sulfide) groups is 2. The van der Waals surface area contributed by atoms with Crippen LogP contribution in [-0.4, -0.2) is 9.28 Å². The number of nitrogens with zero attached hydrogens (tertiary/aromatic N) is 1. The summed E-state index contributed by atoms with van der Waals surface area (Å²) in [5.41, 5.74) is 2.54. The molecule has 4 heteroatoms. The van der Waals surface area contributed by atoms with Gasteiger partial charge in [-0.05, 0) is 12.5 Å². The molecule has 1 rings (SSSR count). The molecule has 0 fully saturated rings. The molecule has 0 heterocycles. The third-order valence-electron chi connectivity index (χ3n) is 1.73. The third kappa shape index (κ3) is 5.22. The maximum Gasteiger partial charge on any atom is 0.105 e. The molecule has 0 radical (unpaired) electrons. The van der Waals surface area contributed by atoms with Crippen LogP contribution in [0.4, 0.5) is 0 Å². The standard InChI is InChI=1S/C11H11NS3/c1-9-2-4-10(5-3-9)8-15-11(13)14-7-6-12/h2-5H,7-8H2,1H3. The lowest BCUT2D eigenvalue weighted by molar-refractivity contribution is 1.37. The zero-order valence-electron chi connectivity index (χ0n) is 8.40. The van der Waals surface area contributed by atoms with E-state index in [0.717, 1.165) is 9.28 Å². The first-order chi connectivity index (χ1) is 7.22. The van der Waals surface area contributed by atoms with Crippen LogP contribution in [0.2, 0.25) is 0 Å². The van der Waals surface area contributed by atoms with Crippen molar-refractivity contribution in [3.05, 3.63) is 35.4 Å². The average Bonchev–Trinajstić information content (AvgIpc) is 2.25. The van der Waals surface area contributed by atoms with Crippen molar-refractivity contribution < 1.29 is 0 Å². The minimum absolute atomic E-state index is 0.444. The molecular weight excluding hydrogens is 242 g/mol. The van der Waals surface area contributed by atoms with Gasteiger partial charge in [0.25, 0.3) is 0 Å². The number of rotatable bonds is 3. The van der Waals surface area contributed by atoms with E-state index in [1.165, 1.54) is 22.9 Å². The van der Waals surface area contributed by atoms with Gasteiger partial charge in [-0.1, -0.05) is 53.8 Å². The Hall–Kier alpha value is -0.500. The van der Waals surface area contributed by atoms with Gasteiger partial charge in [0.15, 0.2) is 0 Å². The molecule has 0 saturated heterocycles. The molecule has 0 aromatic heterocycles. The molecule has 0 aliphatic heterocycles.